The summed E-state index contributed by atoms with van der Waals surface area (Å²) in [5.74, 6) is 0. The first kappa shape index (κ1) is 17.8. The molecule has 1 aliphatic heterocycles. The van der Waals surface area contributed by atoms with Crippen LogP contribution in [0.1, 0.15) is 28.9 Å². The van der Waals surface area contributed by atoms with Gasteiger partial charge in [0.2, 0.25) is 10.0 Å². The minimum atomic E-state index is -3.21. The Hall–Kier alpha value is -1.96. The third-order valence-corrected chi connectivity index (χ3v) is 4.92. The largest absolute Gasteiger partial charge is 0.293 e. The highest BCUT2D eigenvalue weighted by molar-refractivity contribution is 7.88. The Balaban J connectivity index is 1.69. The van der Waals surface area contributed by atoms with Crippen LogP contribution >= 0.6 is 0 Å². The molecule has 1 N–H and O–H groups in total. The number of nitrogens with one attached hydrogen (secondary N) is 1. The summed E-state index contributed by atoms with van der Waals surface area (Å²) in [6.07, 6.45) is 4.05. The molecule has 0 amide bonds. The van der Waals surface area contributed by atoms with E-state index in [1.807, 2.05) is 16.8 Å². The second-order valence-electron chi connectivity index (χ2n) is 6.46. The lowest BCUT2D eigenvalue weighted by atomic mass is 10.1. The van der Waals surface area contributed by atoms with Crippen LogP contribution in [0, 0.1) is 0 Å². The Morgan fingerprint density at radius 3 is 2.92 bits per heavy atom. The molecule has 0 aliphatic carbocycles. The normalized spacial score (nSPS) is 15.6. The Kier molecular flexibility index (Phi) is 5.36. The summed E-state index contributed by atoms with van der Waals surface area (Å²) in [4.78, 5) is 2.40. The number of aryl methyl sites for hydroxylation is 1. The van der Waals surface area contributed by atoms with Crippen molar-refractivity contribution >= 4 is 16.1 Å². The van der Waals surface area contributed by atoms with Gasteiger partial charge in [0.15, 0.2) is 0 Å². The first-order valence-electron chi connectivity index (χ1n) is 8.37. The molecular weight excluding hydrogens is 336 g/mol. The molecule has 3 rings (SSSR count). The number of nitrogens with zero attached hydrogens (tertiary/aromatic N) is 3. The molecule has 0 spiro atoms. The molecule has 0 radical (unpaired) electrons. The lowest BCUT2D eigenvalue weighted by Crippen LogP contribution is -2.23. The maximum absolute atomic E-state index is 11.2. The zero-order valence-electron chi connectivity index (χ0n) is 14.5. The van der Waals surface area contributed by atoms with E-state index in [0.29, 0.717) is 0 Å². The molecule has 0 bridgehead atoms. The van der Waals surface area contributed by atoms with Gasteiger partial charge in [-0.15, -0.1) is 0 Å². The molecule has 7 heteroatoms. The highest BCUT2D eigenvalue weighted by atomic mass is 32.2. The molecule has 2 heterocycles. The maximum atomic E-state index is 11.2. The summed E-state index contributed by atoms with van der Waals surface area (Å²) < 4.78 is 27.0. The number of hydrogen-bond donors (Lipinski definition) is 1. The Labute approximate surface area is 149 Å². The fourth-order valence-corrected chi connectivity index (χ4v) is 3.50. The Bertz CT molecular complexity index is 858. The van der Waals surface area contributed by atoms with Crippen molar-refractivity contribution < 1.29 is 8.42 Å². The van der Waals surface area contributed by atoms with Gasteiger partial charge in [-0.1, -0.05) is 36.9 Å². The minimum Gasteiger partial charge on any atom is -0.293 e. The van der Waals surface area contributed by atoms with E-state index < -0.39 is 10.0 Å². The van der Waals surface area contributed by atoms with Gasteiger partial charge in [-0.25, -0.2) is 13.1 Å². The van der Waals surface area contributed by atoms with E-state index >= 15 is 0 Å². The molecule has 6 nitrogen and oxygen atoms in total. The number of aromatic nitrogens is 2. The molecule has 25 heavy (non-hydrogen) atoms. The lowest BCUT2D eigenvalue weighted by molar-refractivity contribution is 0.261. The predicted octanol–water partition coefficient (Wildman–Crippen LogP) is 1.98. The smallest absolute Gasteiger partial charge is 0.209 e. The molecule has 2 aromatic rings. The molecule has 134 valence electrons. The van der Waals surface area contributed by atoms with Gasteiger partial charge in [-0.2, -0.15) is 5.10 Å². The van der Waals surface area contributed by atoms with Crippen LogP contribution in [-0.4, -0.2) is 35.9 Å². The van der Waals surface area contributed by atoms with E-state index in [9.17, 15) is 8.42 Å². The van der Waals surface area contributed by atoms with E-state index in [4.69, 9.17) is 0 Å². The number of hydrogen-bond acceptors (Lipinski definition) is 4. The second-order valence-corrected chi connectivity index (χ2v) is 8.29. The highest BCUT2D eigenvalue weighted by Gasteiger charge is 2.17. The topological polar surface area (TPSA) is 67.2 Å². The highest BCUT2D eigenvalue weighted by Crippen LogP contribution is 2.17. The molecule has 0 saturated carbocycles. The maximum Gasteiger partial charge on any atom is 0.209 e. The Morgan fingerprint density at radius 1 is 1.32 bits per heavy atom. The first-order chi connectivity index (χ1) is 11.9. The molecule has 0 unspecified atom stereocenters. The molecule has 0 saturated heterocycles. The average Bonchev–Trinajstić information content (AvgIpc) is 2.85. The van der Waals surface area contributed by atoms with Gasteiger partial charge in [0.05, 0.1) is 24.2 Å². The monoisotopic (exact) mass is 360 g/mol. The summed E-state index contributed by atoms with van der Waals surface area (Å²) in [6, 6.07) is 10.4. The van der Waals surface area contributed by atoms with Gasteiger partial charge in [0.25, 0.3) is 0 Å². The summed E-state index contributed by atoms with van der Waals surface area (Å²) in [7, 11) is -3.21. The quantitative estimate of drug-likeness (QED) is 0.855. The molecule has 0 atom stereocenters. The van der Waals surface area contributed by atoms with Crippen LogP contribution in [0.2, 0.25) is 0 Å². The second kappa shape index (κ2) is 7.51. The minimum absolute atomic E-state index is 0.236. The van der Waals surface area contributed by atoms with Crippen molar-refractivity contribution in [3.63, 3.8) is 0 Å². The van der Waals surface area contributed by atoms with Gasteiger partial charge in [0.1, 0.15) is 0 Å². The van der Waals surface area contributed by atoms with E-state index in [2.05, 4.69) is 45.6 Å². The van der Waals surface area contributed by atoms with Crippen LogP contribution in [-0.2, 0) is 36.2 Å². The first-order valence-corrected chi connectivity index (χ1v) is 10.3. The van der Waals surface area contributed by atoms with Crippen LogP contribution < -0.4 is 4.72 Å². The summed E-state index contributed by atoms with van der Waals surface area (Å²) in [6.45, 7) is 7.62. The van der Waals surface area contributed by atoms with Crippen molar-refractivity contribution in [3.05, 3.63) is 59.4 Å². The molecular formula is C18H24N4O2S. The van der Waals surface area contributed by atoms with Crippen molar-refractivity contribution in [1.29, 1.82) is 0 Å². The van der Waals surface area contributed by atoms with Crippen LogP contribution in [0.4, 0.5) is 0 Å². The van der Waals surface area contributed by atoms with Gasteiger partial charge in [-0.05, 0) is 23.6 Å². The molecule has 1 aromatic carbocycles. The van der Waals surface area contributed by atoms with Gasteiger partial charge < -0.3 is 0 Å². The van der Waals surface area contributed by atoms with E-state index in [1.54, 1.807) is 0 Å². The number of sulfonamides is 1. The molecule has 0 fully saturated rings. The van der Waals surface area contributed by atoms with Crippen LogP contribution in [0.3, 0.4) is 0 Å². The SMILES string of the molecule is C=Cc1cccc(CN2CCCn3nc(CNS(C)(=O)=O)cc3C2)c1. The lowest BCUT2D eigenvalue weighted by Gasteiger charge is -2.19. The summed E-state index contributed by atoms with van der Waals surface area (Å²) in [5.41, 5.74) is 4.29. The number of rotatable bonds is 6. The standard InChI is InChI=1S/C18H24N4O2S/c1-3-15-6-4-7-16(10-15)13-21-8-5-9-22-18(14-21)11-17(20-22)12-19-25(2,23)24/h3-4,6-7,10-11,19H,1,5,8-9,12-14H2,2H3. The van der Waals surface area contributed by atoms with Crippen molar-refractivity contribution in [3.8, 4) is 0 Å². The summed E-state index contributed by atoms with van der Waals surface area (Å²) in [5, 5.41) is 4.53. The third kappa shape index (κ3) is 5.01. The molecule has 1 aliphatic rings. The van der Waals surface area contributed by atoms with Crippen LogP contribution in [0.15, 0.2) is 36.9 Å². The van der Waals surface area contributed by atoms with E-state index in [-0.39, 0.29) is 6.54 Å². The fraction of sp³-hybridized carbons (Fsp3) is 0.389. The number of fused-ring (bicyclic) bond motifs is 1. The molecule has 1 aromatic heterocycles. The van der Waals surface area contributed by atoms with Crippen molar-refractivity contribution in [1.82, 2.24) is 19.4 Å². The van der Waals surface area contributed by atoms with Gasteiger partial charge in [0, 0.05) is 26.2 Å². The Morgan fingerprint density at radius 2 is 2.16 bits per heavy atom. The van der Waals surface area contributed by atoms with Crippen molar-refractivity contribution in [2.75, 3.05) is 12.8 Å². The zero-order valence-corrected chi connectivity index (χ0v) is 15.3. The van der Waals surface area contributed by atoms with Crippen molar-refractivity contribution in [2.45, 2.75) is 32.6 Å². The van der Waals surface area contributed by atoms with E-state index in [1.165, 1.54) is 5.56 Å². The van der Waals surface area contributed by atoms with Crippen LogP contribution in [0.5, 0.6) is 0 Å². The van der Waals surface area contributed by atoms with Crippen molar-refractivity contribution in [2.24, 2.45) is 0 Å². The zero-order chi connectivity index (χ0) is 17.9. The fourth-order valence-electron chi connectivity index (χ4n) is 3.09. The van der Waals surface area contributed by atoms with Gasteiger partial charge >= 0.3 is 0 Å². The van der Waals surface area contributed by atoms with E-state index in [0.717, 1.165) is 55.8 Å². The number of benzene rings is 1. The van der Waals surface area contributed by atoms with Gasteiger partial charge in [-0.3, -0.25) is 9.58 Å². The average molecular weight is 360 g/mol. The van der Waals surface area contributed by atoms with Crippen LogP contribution in [0.25, 0.3) is 6.08 Å². The third-order valence-electron chi connectivity index (χ3n) is 4.25. The summed E-state index contributed by atoms with van der Waals surface area (Å²) >= 11 is 0. The predicted molar refractivity (Wildman–Crippen MR) is 99.2 cm³/mol.